The molecule has 3 heterocycles. The number of carbonyl (C=O) groups excluding carboxylic acids is 1. The van der Waals surface area contributed by atoms with Gasteiger partial charge in [0.15, 0.2) is 5.82 Å². The fraction of sp³-hybridized carbons (Fsp3) is 0.300. The minimum absolute atomic E-state index is 0.123. The number of hydrogen-bond acceptors (Lipinski definition) is 5. The molecule has 0 saturated carbocycles. The van der Waals surface area contributed by atoms with Crippen molar-refractivity contribution in [3.05, 3.63) is 66.0 Å². The predicted octanol–water partition coefficient (Wildman–Crippen LogP) is 2.01. The van der Waals surface area contributed by atoms with Crippen LogP contribution in [0.4, 0.5) is 4.39 Å². The second-order valence-electron chi connectivity index (χ2n) is 6.82. The van der Waals surface area contributed by atoms with Gasteiger partial charge in [-0.15, -0.1) is 0 Å². The third-order valence-electron chi connectivity index (χ3n) is 4.75. The molecule has 3 aromatic rings. The number of piperidine rings is 1. The van der Waals surface area contributed by atoms with Crippen molar-refractivity contribution in [2.75, 3.05) is 13.1 Å². The molecule has 2 N–H and O–H groups in total. The second-order valence-corrected chi connectivity index (χ2v) is 6.82. The highest BCUT2D eigenvalue weighted by Gasteiger charge is 2.17. The van der Waals surface area contributed by atoms with Crippen LogP contribution in [-0.4, -0.2) is 44.8 Å². The maximum atomic E-state index is 14.4. The van der Waals surface area contributed by atoms with Gasteiger partial charge in [-0.25, -0.2) is 14.4 Å². The molecule has 28 heavy (non-hydrogen) atoms. The maximum absolute atomic E-state index is 14.4. The summed E-state index contributed by atoms with van der Waals surface area (Å²) < 4.78 is 16.1. The Morgan fingerprint density at radius 3 is 2.86 bits per heavy atom. The summed E-state index contributed by atoms with van der Waals surface area (Å²) >= 11 is 0. The van der Waals surface area contributed by atoms with Gasteiger partial charge in [-0.1, -0.05) is 12.1 Å². The largest absolute Gasteiger partial charge is 0.348 e. The molecule has 7 nitrogen and oxygen atoms in total. The lowest BCUT2D eigenvalue weighted by atomic mass is 10.1. The lowest BCUT2D eigenvalue weighted by molar-refractivity contribution is 0.0930. The summed E-state index contributed by atoms with van der Waals surface area (Å²) in [5, 5.41) is 10.3. The van der Waals surface area contributed by atoms with Gasteiger partial charge in [0.1, 0.15) is 5.82 Å². The monoisotopic (exact) mass is 380 g/mol. The van der Waals surface area contributed by atoms with Gasteiger partial charge in [-0.2, -0.15) is 5.10 Å². The van der Waals surface area contributed by atoms with Crippen molar-refractivity contribution in [3.63, 3.8) is 0 Å². The van der Waals surface area contributed by atoms with E-state index in [1.54, 1.807) is 35.3 Å². The topological polar surface area (TPSA) is 84.7 Å². The summed E-state index contributed by atoms with van der Waals surface area (Å²) in [4.78, 5) is 20.8. The number of aromatic nitrogens is 4. The molecule has 1 unspecified atom stereocenters. The smallest absolute Gasteiger partial charge is 0.254 e. The number of rotatable bonds is 5. The molecular formula is C20H21FN6O. The summed E-state index contributed by atoms with van der Waals surface area (Å²) in [5.41, 5.74) is 1.49. The van der Waals surface area contributed by atoms with Crippen molar-refractivity contribution in [3.8, 4) is 11.4 Å². The highest BCUT2D eigenvalue weighted by atomic mass is 19.1. The van der Waals surface area contributed by atoms with Crippen LogP contribution in [0.25, 0.3) is 11.4 Å². The van der Waals surface area contributed by atoms with E-state index in [2.05, 4.69) is 25.7 Å². The Hall–Kier alpha value is -3.13. The van der Waals surface area contributed by atoms with Crippen LogP contribution in [0.1, 0.15) is 28.8 Å². The highest BCUT2D eigenvalue weighted by Crippen LogP contribution is 2.19. The van der Waals surface area contributed by atoms with Gasteiger partial charge in [0.05, 0.1) is 12.1 Å². The molecule has 1 saturated heterocycles. The molecule has 1 amide bonds. The van der Waals surface area contributed by atoms with Crippen molar-refractivity contribution in [2.45, 2.75) is 25.4 Å². The van der Waals surface area contributed by atoms with Crippen LogP contribution < -0.4 is 10.6 Å². The van der Waals surface area contributed by atoms with E-state index in [1.807, 2.05) is 0 Å². The maximum Gasteiger partial charge on any atom is 0.254 e. The van der Waals surface area contributed by atoms with Crippen molar-refractivity contribution in [2.24, 2.45) is 0 Å². The molecule has 4 rings (SSSR count). The zero-order valence-electron chi connectivity index (χ0n) is 15.3. The van der Waals surface area contributed by atoms with Gasteiger partial charge in [-0.05, 0) is 31.5 Å². The van der Waals surface area contributed by atoms with E-state index >= 15 is 0 Å². The predicted molar refractivity (Wildman–Crippen MR) is 102 cm³/mol. The number of hydrogen-bond donors (Lipinski definition) is 2. The fourth-order valence-corrected chi connectivity index (χ4v) is 3.22. The molecule has 2 aromatic heterocycles. The quantitative estimate of drug-likeness (QED) is 0.707. The van der Waals surface area contributed by atoms with Gasteiger partial charge in [-0.3, -0.25) is 9.48 Å². The number of benzene rings is 1. The number of nitrogens with one attached hydrogen (secondary N) is 2. The summed E-state index contributed by atoms with van der Waals surface area (Å²) in [6.07, 6.45) is 8.39. The lowest BCUT2D eigenvalue weighted by Gasteiger charge is -2.23. The molecule has 0 bridgehead atoms. The van der Waals surface area contributed by atoms with Crippen molar-refractivity contribution in [1.82, 2.24) is 30.4 Å². The van der Waals surface area contributed by atoms with Crippen molar-refractivity contribution in [1.29, 1.82) is 0 Å². The van der Waals surface area contributed by atoms with Crippen LogP contribution in [0.15, 0.2) is 49.1 Å². The van der Waals surface area contributed by atoms with Crippen LogP contribution in [-0.2, 0) is 6.54 Å². The molecule has 1 aliphatic rings. The SMILES string of the molecule is O=C(NC1CCCNC1)c1cnc(-c2ccc(Cn3cccn3)c(F)c2)nc1. The molecule has 8 heteroatoms. The van der Waals surface area contributed by atoms with Crippen molar-refractivity contribution >= 4 is 5.91 Å². The first-order valence-electron chi connectivity index (χ1n) is 9.29. The lowest BCUT2D eigenvalue weighted by Crippen LogP contribution is -2.45. The standard InChI is InChI=1S/C20H21FN6O/c21-18-9-14(4-5-15(18)13-27-8-2-7-25-27)19-23-10-16(11-24-19)20(28)26-17-3-1-6-22-12-17/h2,4-5,7-11,17,22H,1,3,6,12-13H2,(H,26,28). The molecule has 1 fully saturated rings. The zero-order valence-corrected chi connectivity index (χ0v) is 15.3. The van der Waals surface area contributed by atoms with E-state index in [-0.39, 0.29) is 17.8 Å². The van der Waals surface area contributed by atoms with E-state index in [0.717, 1.165) is 25.9 Å². The first kappa shape index (κ1) is 18.2. The molecule has 1 aliphatic heterocycles. The van der Waals surface area contributed by atoms with Crippen LogP contribution in [0.3, 0.4) is 0 Å². The molecule has 1 aromatic carbocycles. The molecule has 1 atom stereocenters. The Labute approximate surface area is 162 Å². The Bertz CT molecular complexity index is 936. The number of carbonyl (C=O) groups is 1. The first-order valence-corrected chi connectivity index (χ1v) is 9.29. The molecule has 0 aliphatic carbocycles. The average Bonchev–Trinajstić information content (AvgIpc) is 3.23. The minimum Gasteiger partial charge on any atom is -0.348 e. The third kappa shape index (κ3) is 4.23. The minimum atomic E-state index is -0.344. The number of halogens is 1. The van der Waals surface area contributed by atoms with E-state index in [0.29, 0.717) is 29.1 Å². The van der Waals surface area contributed by atoms with Crippen LogP contribution >= 0.6 is 0 Å². The van der Waals surface area contributed by atoms with Gasteiger partial charge in [0.2, 0.25) is 0 Å². The van der Waals surface area contributed by atoms with Gasteiger partial charge in [0.25, 0.3) is 5.91 Å². The Morgan fingerprint density at radius 1 is 1.32 bits per heavy atom. The van der Waals surface area contributed by atoms with Crippen LogP contribution in [0, 0.1) is 5.82 Å². The van der Waals surface area contributed by atoms with Gasteiger partial charge < -0.3 is 10.6 Å². The van der Waals surface area contributed by atoms with Crippen molar-refractivity contribution < 1.29 is 9.18 Å². The number of nitrogens with zero attached hydrogens (tertiary/aromatic N) is 4. The Kier molecular flexibility index (Phi) is 5.38. The molecule has 144 valence electrons. The average molecular weight is 380 g/mol. The number of amides is 1. The van der Waals surface area contributed by atoms with Crippen LogP contribution in [0.2, 0.25) is 0 Å². The summed E-state index contributed by atoms with van der Waals surface area (Å²) in [6.45, 7) is 2.12. The van der Waals surface area contributed by atoms with E-state index in [4.69, 9.17) is 0 Å². The Balaban J connectivity index is 1.44. The summed E-state index contributed by atoms with van der Waals surface area (Å²) in [5.74, 6) is -0.162. The summed E-state index contributed by atoms with van der Waals surface area (Å²) in [6, 6.07) is 6.79. The van der Waals surface area contributed by atoms with E-state index < -0.39 is 0 Å². The first-order chi connectivity index (χ1) is 13.7. The van der Waals surface area contributed by atoms with Gasteiger partial charge >= 0.3 is 0 Å². The molecule has 0 spiro atoms. The van der Waals surface area contributed by atoms with E-state index in [9.17, 15) is 9.18 Å². The normalized spacial score (nSPS) is 16.7. The molecular weight excluding hydrogens is 359 g/mol. The zero-order chi connectivity index (χ0) is 19.3. The third-order valence-corrected chi connectivity index (χ3v) is 4.75. The Morgan fingerprint density at radius 2 is 2.18 bits per heavy atom. The van der Waals surface area contributed by atoms with E-state index in [1.165, 1.54) is 18.5 Å². The van der Waals surface area contributed by atoms with Gasteiger partial charge in [0, 0.05) is 48.5 Å². The summed E-state index contributed by atoms with van der Waals surface area (Å²) in [7, 11) is 0. The second kappa shape index (κ2) is 8.26. The highest BCUT2D eigenvalue weighted by molar-refractivity contribution is 5.93. The molecule has 0 radical (unpaired) electrons. The van der Waals surface area contributed by atoms with Crippen LogP contribution in [0.5, 0.6) is 0 Å². The fourth-order valence-electron chi connectivity index (χ4n) is 3.22.